The van der Waals surface area contributed by atoms with Crippen LogP contribution in [-0.2, 0) is 16.0 Å². The normalized spacial score (nSPS) is 15.1. The van der Waals surface area contributed by atoms with Gasteiger partial charge in [0.05, 0.1) is 45.6 Å². The maximum Gasteiger partial charge on any atom is 0.226 e. The number of thiazole rings is 1. The fraction of sp³-hybridized carbons (Fsp3) is 0.360. The Morgan fingerprint density at radius 3 is 2.61 bits per heavy atom. The topological polar surface area (TPSA) is 72.9 Å². The summed E-state index contributed by atoms with van der Waals surface area (Å²) in [6, 6.07) is 15.9. The second-order valence-corrected chi connectivity index (χ2v) is 8.63. The molecule has 2 heterocycles. The van der Waals surface area contributed by atoms with Crippen molar-refractivity contribution >= 4 is 17.2 Å². The second-order valence-electron chi connectivity index (χ2n) is 7.77. The first-order valence-electron chi connectivity index (χ1n) is 11.0. The largest absolute Gasteiger partial charge is 0.493 e. The van der Waals surface area contributed by atoms with Crippen molar-refractivity contribution in [2.24, 2.45) is 0 Å². The number of hydrogen-bond donors (Lipinski definition) is 1. The molecular formula is C25H29N3O4S. The van der Waals surface area contributed by atoms with E-state index in [1.807, 2.05) is 53.9 Å². The maximum atomic E-state index is 12.8. The van der Waals surface area contributed by atoms with Crippen molar-refractivity contribution in [3.05, 3.63) is 65.2 Å². The van der Waals surface area contributed by atoms with Gasteiger partial charge in [0.25, 0.3) is 0 Å². The molecule has 174 valence electrons. The molecule has 4 rings (SSSR count). The highest BCUT2D eigenvalue weighted by molar-refractivity contribution is 7.13. The van der Waals surface area contributed by atoms with E-state index in [0.29, 0.717) is 31.3 Å². The molecule has 0 radical (unpaired) electrons. The summed E-state index contributed by atoms with van der Waals surface area (Å²) in [5, 5.41) is 5.99. The lowest BCUT2D eigenvalue weighted by atomic mass is 10.0. The van der Waals surface area contributed by atoms with Gasteiger partial charge in [-0.2, -0.15) is 0 Å². The van der Waals surface area contributed by atoms with Gasteiger partial charge in [0.15, 0.2) is 11.5 Å². The molecular weight excluding hydrogens is 438 g/mol. The minimum Gasteiger partial charge on any atom is -0.493 e. The molecule has 1 fully saturated rings. The number of ether oxygens (including phenoxy) is 3. The fourth-order valence-electron chi connectivity index (χ4n) is 3.95. The van der Waals surface area contributed by atoms with Crippen molar-refractivity contribution in [3.8, 4) is 22.1 Å². The molecule has 0 saturated carbocycles. The van der Waals surface area contributed by atoms with Crippen LogP contribution in [0.15, 0.2) is 53.9 Å². The van der Waals surface area contributed by atoms with Crippen molar-refractivity contribution in [3.63, 3.8) is 0 Å². The molecule has 1 unspecified atom stereocenters. The highest BCUT2D eigenvalue weighted by Crippen LogP contribution is 2.32. The van der Waals surface area contributed by atoms with Crippen LogP contribution in [0.5, 0.6) is 11.5 Å². The van der Waals surface area contributed by atoms with Crippen molar-refractivity contribution < 1.29 is 19.0 Å². The van der Waals surface area contributed by atoms with Crippen LogP contribution in [0.25, 0.3) is 10.6 Å². The van der Waals surface area contributed by atoms with Gasteiger partial charge in [-0.25, -0.2) is 4.98 Å². The lowest BCUT2D eigenvalue weighted by Crippen LogP contribution is -2.44. The molecule has 0 aliphatic carbocycles. The van der Waals surface area contributed by atoms with Crippen molar-refractivity contribution in [2.45, 2.75) is 12.5 Å². The summed E-state index contributed by atoms with van der Waals surface area (Å²) in [4.78, 5) is 19.7. The highest BCUT2D eigenvalue weighted by Gasteiger charge is 2.24. The van der Waals surface area contributed by atoms with E-state index in [1.54, 1.807) is 25.6 Å². The Labute approximate surface area is 198 Å². The average molecular weight is 468 g/mol. The molecule has 1 aromatic heterocycles. The lowest BCUT2D eigenvalue weighted by molar-refractivity contribution is -0.120. The lowest BCUT2D eigenvalue weighted by Gasteiger charge is -2.35. The Kier molecular flexibility index (Phi) is 7.93. The number of methoxy groups -OCH3 is 2. The molecule has 1 N–H and O–H groups in total. The van der Waals surface area contributed by atoms with Crippen molar-refractivity contribution in [1.82, 2.24) is 15.2 Å². The first kappa shape index (κ1) is 23.2. The minimum atomic E-state index is -0.0429. The van der Waals surface area contributed by atoms with E-state index in [0.717, 1.165) is 34.9 Å². The summed E-state index contributed by atoms with van der Waals surface area (Å²) in [6.45, 7) is 3.46. The number of aromatic nitrogens is 1. The molecule has 1 aliphatic heterocycles. The van der Waals surface area contributed by atoms with Gasteiger partial charge in [0.1, 0.15) is 5.01 Å². The number of carbonyl (C=O) groups is 1. The number of hydrogen-bond acceptors (Lipinski definition) is 7. The van der Waals surface area contributed by atoms with Gasteiger partial charge in [0.2, 0.25) is 5.91 Å². The van der Waals surface area contributed by atoms with Gasteiger partial charge in [-0.05, 0) is 17.7 Å². The molecule has 1 amide bonds. The smallest absolute Gasteiger partial charge is 0.226 e. The quantitative estimate of drug-likeness (QED) is 0.519. The Hall–Kier alpha value is -2.94. The third-order valence-corrected chi connectivity index (χ3v) is 6.63. The Bertz CT molecular complexity index is 1050. The van der Waals surface area contributed by atoms with Crippen LogP contribution in [0.2, 0.25) is 0 Å². The van der Waals surface area contributed by atoms with Crippen LogP contribution in [0.3, 0.4) is 0 Å². The standard InChI is InChI=1S/C25H29N3O4S/c1-30-22-9-8-19(14-23(22)31-2)21(28-10-12-32-13-11-28)16-26-24(29)15-20-17-33-25(27-20)18-6-4-3-5-7-18/h3-9,14,17,21H,10-13,15-16H2,1-2H3,(H,26,29). The number of rotatable bonds is 9. The SMILES string of the molecule is COc1ccc(C(CNC(=O)Cc2csc(-c3ccccc3)n2)N2CCOCC2)cc1OC. The number of amides is 1. The van der Waals surface area contributed by atoms with Gasteiger partial charge in [-0.1, -0.05) is 36.4 Å². The first-order chi connectivity index (χ1) is 16.2. The number of nitrogens with zero attached hydrogens (tertiary/aromatic N) is 2. The fourth-order valence-corrected chi connectivity index (χ4v) is 4.77. The zero-order valence-electron chi connectivity index (χ0n) is 19.0. The van der Waals surface area contributed by atoms with Crippen molar-refractivity contribution in [1.29, 1.82) is 0 Å². The summed E-state index contributed by atoms with van der Waals surface area (Å²) in [7, 11) is 3.25. The number of carbonyl (C=O) groups excluding carboxylic acids is 1. The summed E-state index contributed by atoms with van der Waals surface area (Å²) >= 11 is 1.56. The molecule has 1 saturated heterocycles. The Balaban J connectivity index is 1.43. The van der Waals surface area contributed by atoms with Crippen LogP contribution in [0, 0.1) is 0 Å². The average Bonchev–Trinajstić information content (AvgIpc) is 3.33. The number of nitrogens with one attached hydrogen (secondary N) is 1. The minimum absolute atomic E-state index is 0.00738. The van der Waals surface area contributed by atoms with Gasteiger partial charge in [-0.15, -0.1) is 11.3 Å². The Morgan fingerprint density at radius 1 is 1.12 bits per heavy atom. The predicted octanol–water partition coefficient (Wildman–Crippen LogP) is 3.56. The monoisotopic (exact) mass is 467 g/mol. The number of benzene rings is 2. The summed E-state index contributed by atoms with van der Waals surface area (Å²) < 4.78 is 16.4. The zero-order chi connectivity index (χ0) is 23.0. The molecule has 2 aromatic carbocycles. The molecule has 33 heavy (non-hydrogen) atoms. The number of morpholine rings is 1. The molecule has 0 spiro atoms. The molecule has 0 bridgehead atoms. The third kappa shape index (κ3) is 5.90. The van der Waals surface area contributed by atoms with Gasteiger partial charge >= 0.3 is 0 Å². The second kappa shape index (κ2) is 11.3. The van der Waals surface area contributed by atoms with E-state index in [2.05, 4.69) is 15.2 Å². The van der Waals surface area contributed by atoms with Crippen LogP contribution in [0.1, 0.15) is 17.3 Å². The van der Waals surface area contributed by atoms with Crippen LogP contribution in [-0.4, -0.2) is 62.9 Å². The van der Waals surface area contributed by atoms with E-state index in [1.165, 1.54) is 0 Å². The van der Waals surface area contributed by atoms with E-state index >= 15 is 0 Å². The van der Waals surface area contributed by atoms with Gasteiger partial charge in [-0.3, -0.25) is 9.69 Å². The predicted molar refractivity (Wildman–Crippen MR) is 129 cm³/mol. The molecule has 8 heteroatoms. The van der Waals surface area contributed by atoms with E-state index < -0.39 is 0 Å². The summed E-state index contributed by atoms with van der Waals surface area (Å²) in [6.07, 6.45) is 0.255. The Morgan fingerprint density at radius 2 is 1.88 bits per heavy atom. The first-order valence-corrected chi connectivity index (χ1v) is 11.9. The van der Waals surface area contributed by atoms with Gasteiger partial charge < -0.3 is 19.5 Å². The van der Waals surface area contributed by atoms with Crippen LogP contribution < -0.4 is 14.8 Å². The maximum absolute atomic E-state index is 12.8. The van der Waals surface area contributed by atoms with Gasteiger partial charge in [0, 0.05) is 30.6 Å². The summed E-state index contributed by atoms with van der Waals surface area (Å²) in [5.74, 6) is 1.32. The summed E-state index contributed by atoms with van der Waals surface area (Å²) in [5.41, 5.74) is 2.91. The molecule has 1 atom stereocenters. The van der Waals surface area contributed by atoms with E-state index in [4.69, 9.17) is 14.2 Å². The molecule has 3 aromatic rings. The molecule has 7 nitrogen and oxygen atoms in total. The third-order valence-electron chi connectivity index (χ3n) is 5.69. The van der Waals surface area contributed by atoms with E-state index in [9.17, 15) is 4.79 Å². The van der Waals surface area contributed by atoms with Crippen molar-refractivity contribution in [2.75, 3.05) is 47.1 Å². The highest BCUT2D eigenvalue weighted by atomic mass is 32.1. The molecule has 1 aliphatic rings. The van der Waals surface area contributed by atoms with E-state index in [-0.39, 0.29) is 18.4 Å². The van der Waals surface area contributed by atoms with Crippen LogP contribution in [0.4, 0.5) is 0 Å². The van der Waals surface area contributed by atoms with Crippen LogP contribution >= 0.6 is 11.3 Å². The zero-order valence-corrected chi connectivity index (χ0v) is 19.8.